The summed E-state index contributed by atoms with van der Waals surface area (Å²) in [6.45, 7) is 3.36. The van der Waals surface area contributed by atoms with E-state index in [1.54, 1.807) is 19.9 Å². The number of aromatic nitrogens is 2. The molecule has 0 spiro atoms. The van der Waals surface area contributed by atoms with Crippen molar-refractivity contribution in [2.45, 2.75) is 19.2 Å². The molecule has 0 aliphatic heterocycles. The van der Waals surface area contributed by atoms with Gasteiger partial charge in [0.1, 0.15) is 5.38 Å². The molecule has 1 N–H and O–H groups in total. The maximum atomic E-state index is 11.3. The lowest BCUT2D eigenvalue weighted by Gasteiger charge is -2.07. The number of alkyl halides is 1. The monoisotopic (exact) mass is 229 g/mol. The molecule has 0 saturated heterocycles. The van der Waals surface area contributed by atoms with Crippen LogP contribution in [0.2, 0.25) is 0 Å². The first-order valence-corrected chi connectivity index (χ1v) is 4.81. The third-order valence-electron chi connectivity index (χ3n) is 1.64. The Hall–Kier alpha value is -1.36. The van der Waals surface area contributed by atoms with Crippen molar-refractivity contribution in [1.82, 2.24) is 9.97 Å². The van der Waals surface area contributed by atoms with Crippen molar-refractivity contribution in [2.75, 3.05) is 12.4 Å². The predicted molar refractivity (Wildman–Crippen MR) is 57.3 cm³/mol. The Morgan fingerprint density at radius 1 is 1.60 bits per heavy atom. The van der Waals surface area contributed by atoms with Gasteiger partial charge in [0.25, 0.3) is 0 Å². The van der Waals surface area contributed by atoms with Gasteiger partial charge in [0.2, 0.25) is 17.7 Å². The Bertz CT molecular complexity index is 368. The first kappa shape index (κ1) is 11.7. The van der Waals surface area contributed by atoms with E-state index in [0.717, 1.165) is 0 Å². The average molecular weight is 230 g/mol. The molecule has 1 rings (SSSR count). The topological polar surface area (TPSA) is 64.1 Å². The summed E-state index contributed by atoms with van der Waals surface area (Å²) in [5, 5.41) is 1.86. The van der Waals surface area contributed by atoms with Gasteiger partial charge in [-0.3, -0.25) is 10.1 Å². The fourth-order valence-corrected chi connectivity index (χ4v) is 0.964. The van der Waals surface area contributed by atoms with Crippen LogP contribution in [0.5, 0.6) is 5.88 Å². The third kappa shape index (κ3) is 3.36. The van der Waals surface area contributed by atoms with Crippen LogP contribution < -0.4 is 10.1 Å². The van der Waals surface area contributed by atoms with Crippen LogP contribution in [0.3, 0.4) is 0 Å². The van der Waals surface area contributed by atoms with Gasteiger partial charge >= 0.3 is 0 Å². The van der Waals surface area contributed by atoms with E-state index in [2.05, 4.69) is 15.3 Å². The summed E-state index contributed by atoms with van der Waals surface area (Å²) in [6.07, 6.45) is 0. The molecule has 0 aliphatic rings. The van der Waals surface area contributed by atoms with Gasteiger partial charge in [0.05, 0.1) is 7.11 Å². The molecule has 15 heavy (non-hydrogen) atoms. The lowest BCUT2D eigenvalue weighted by molar-refractivity contribution is -0.115. The minimum absolute atomic E-state index is 0.198. The molecule has 1 amide bonds. The molecule has 0 aromatic carbocycles. The molecule has 0 fully saturated rings. The van der Waals surface area contributed by atoms with E-state index in [1.165, 1.54) is 7.11 Å². The molecule has 0 bridgehead atoms. The summed E-state index contributed by atoms with van der Waals surface area (Å²) in [7, 11) is 1.50. The predicted octanol–water partition coefficient (Wildman–Crippen LogP) is 1.36. The van der Waals surface area contributed by atoms with Gasteiger partial charge < -0.3 is 4.74 Å². The number of nitrogens with zero attached hydrogens (tertiary/aromatic N) is 2. The van der Waals surface area contributed by atoms with Gasteiger partial charge in [-0.2, -0.15) is 4.98 Å². The van der Waals surface area contributed by atoms with E-state index in [9.17, 15) is 4.79 Å². The lowest BCUT2D eigenvalue weighted by Crippen LogP contribution is -2.22. The number of nitrogens with one attached hydrogen (secondary N) is 1. The fraction of sp³-hybridized carbons (Fsp3) is 0.444. The van der Waals surface area contributed by atoms with Crippen molar-refractivity contribution in [3.05, 3.63) is 11.8 Å². The molecule has 6 heteroatoms. The molecule has 1 heterocycles. The number of methoxy groups -OCH3 is 1. The second kappa shape index (κ2) is 4.93. The smallest absolute Gasteiger partial charge is 0.244 e. The van der Waals surface area contributed by atoms with Gasteiger partial charge in [-0.05, 0) is 13.8 Å². The van der Waals surface area contributed by atoms with Gasteiger partial charge in [0.15, 0.2) is 0 Å². The highest BCUT2D eigenvalue weighted by atomic mass is 35.5. The maximum absolute atomic E-state index is 11.3. The summed E-state index contributed by atoms with van der Waals surface area (Å²) < 4.78 is 4.94. The van der Waals surface area contributed by atoms with Crippen LogP contribution in [0.1, 0.15) is 12.6 Å². The number of hydrogen-bond acceptors (Lipinski definition) is 4. The van der Waals surface area contributed by atoms with Gasteiger partial charge in [-0.1, -0.05) is 0 Å². The first-order valence-electron chi connectivity index (χ1n) is 4.37. The van der Waals surface area contributed by atoms with Crippen molar-refractivity contribution >= 4 is 23.5 Å². The molecular weight excluding hydrogens is 218 g/mol. The highest BCUT2D eigenvalue weighted by Gasteiger charge is 2.11. The summed E-state index contributed by atoms with van der Waals surface area (Å²) in [5.74, 6) is 0.258. The zero-order valence-electron chi connectivity index (χ0n) is 8.74. The van der Waals surface area contributed by atoms with Crippen LogP contribution in [-0.2, 0) is 4.79 Å². The van der Waals surface area contributed by atoms with Gasteiger partial charge in [-0.25, -0.2) is 4.98 Å². The van der Waals surface area contributed by atoms with E-state index in [1.807, 2.05) is 0 Å². The second-order valence-corrected chi connectivity index (χ2v) is 3.64. The van der Waals surface area contributed by atoms with Crippen molar-refractivity contribution in [3.8, 4) is 5.88 Å². The fourth-order valence-electron chi connectivity index (χ4n) is 0.910. The molecule has 82 valence electrons. The zero-order chi connectivity index (χ0) is 11.4. The van der Waals surface area contributed by atoms with Crippen LogP contribution in [0.25, 0.3) is 0 Å². The number of halogens is 1. The van der Waals surface area contributed by atoms with Crippen LogP contribution in [-0.4, -0.2) is 28.4 Å². The first-order chi connectivity index (χ1) is 7.02. The number of carbonyl (C=O) groups excluding carboxylic acids is 1. The molecule has 1 unspecified atom stereocenters. The Balaban J connectivity index is 2.85. The molecule has 1 aromatic heterocycles. The quantitative estimate of drug-likeness (QED) is 0.795. The standard InChI is InChI=1S/C9H12ClN3O2/c1-5-4-7(15-3)12-9(11-5)13-8(14)6(2)10/h4,6H,1-3H3,(H,11,12,13,14). The molecule has 0 saturated carbocycles. The molecule has 1 atom stereocenters. The highest BCUT2D eigenvalue weighted by Crippen LogP contribution is 2.11. The zero-order valence-corrected chi connectivity index (χ0v) is 9.50. The third-order valence-corrected chi connectivity index (χ3v) is 1.83. The lowest BCUT2D eigenvalue weighted by atomic mass is 10.4. The summed E-state index contributed by atoms with van der Waals surface area (Å²) in [6, 6.07) is 1.67. The van der Waals surface area contributed by atoms with E-state index in [4.69, 9.17) is 16.3 Å². The number of ether oxygens (including phenoxy) is 1. The molecule has 5 nitrogen and oxygen atoms in total. The number of amides is 1. The number of rotatable bonds is 3. The van der Waals surface area contributed by atoms with Crippen LogP contribution >= 0.6 is 11.6 Å². The van der Waals surface area contributed by atoms with E-state index in [-0.39, 0.29) is 11.9 Å². The Morgan fingerprint density at radius 3 is 2.80 bits per heavy atom. The maximum Gasteiger partial charge on any atom is 0.244 e. The largest absolute Gasteiger partial charge is 0.481 e. The Labute approximate surface area is 92.8 Å². The van der Waals surface area contributed by atoms with Crippen molar-refractivity contribution in [2.24, 2.45) is 0 Å². The van der Waals surface area contributed by atoms with Gasteiger partial charge in [0, 0.05) is 11.8 Å². The SMILES string of the molecule is COc1cc(C)nc(NC(=O)C(C)Cl)n1. The minimum atomic E-state index is -0.625. The minimum Gasteiger partial charge on any atom is -0.481 e. The number of carbonyl (C=O) groups is 1. The molecule has 0 aliphatic carbocycles. The van der Waals surface area contributed by atoms with Crippen molar-refractivity contribution < 1.29 is 9.53 Å². The van der Waals surface area contributed by atoms with E-state index < -0.39 is 5.38 Å². The summed E-state index contributed by atoms with van der Waals surface area (Å²) in [5.41, 5.74) is 0.708. The second-order valence-electron chi connectivity index (χ2n) is 2.98. The number of hydrogen-bond donors (Lipinski definition) is 1. The molecular formula is C9H12ClN3O2. The Kier molecular flexibility index (Phi) is 3.85. The van der Waals surface area contributed by atoms with E-state index >= 15 is 0 Å². The van der Waals surface area contributed by atoms with Crippen LogP contribution in [0, 0.1) is 6.92 Å². The van der Waals surface area contributed by atoms with Gasteiger partial charge in [-0.15, -0.1) is 11.6 Å². The summed E-state index contributed by atoms with van der Waals surface area (Å²) >= 11 is 5.59. The number of aryl methyl sites for hydroxylation is 1. The average Bonchev–Trinajstić information content (AvgIpc) is 2.16. The van der Waals surface area contributed by atoms with E-state index in [0.29, 0.717) is 11.6 Å². The Morgan fingerprint density at radius 2 is 2.27 bits per heavy atom. The van der Waals surface area contributed by atoms with Crippen LogP contribution in [0.15, 0.2) is 6.07 Å². The summed E-state index contributed by atoms with van der Waals surface area (Å²) in [4.78, 5) is 19.2. The van der Waals surface area contributed by atoms with Crippen LogP contribution in [0.4, 0.5) is 5.95 Å². The molecule has 1 aromatic rings. The van der Waals surface area contributed by atoms with Crippen molar-refractivity contribution in [1.29, 1.82) is 0 Å². The highest BCUT2D eigenvalue weighted by molar-refractivity contribution is 6.32. The normalized spacial score (nSPS) is 12.0. The van der Waals surface area contributed by atoms with Crippen molar-refractivity contribution in [3.63, 3.8) is 0 Å². The molecule has 0 radical (unpaired) electrons. The number of anilines is 1.